The quantitative estimate of drug-likeness (QED) is 0.117. The molecule has 4 heterocycles. The van der Waals surface area contributed by atoms with Gasteiger partial charge in [0, 0.05) is 52.2 Å². The van der Waals surface area contributed by atoms with Crippen LogP contribution in [0.1, 0.15) is 65.5 Å². The van der Waals surface area contributed by atoms with Crippen molar-refractivity contribution in [3.05, 3.63) is 125 Å². The van der Waals surface area contributed by atoms with Crippen LogP contribution < -0.4 is 0 Å². The van der Waals surface area contributed by atoms with E-state index in [2.05, 4.69) is 15.0 Å². The Balaban J connectivity index is 0.000000202. The average Bonchev–Trinajstić information content (AvgIpc) is 3.61. The van der Waals surface area contributed by atoms with Gasteiger partial charge in [0.25, 0.3) is 0 Å². The zero-order valence-electron chi connectivity index (χ0n) is 28.7. The summed E-state index contributed by atoms with van der Waals surface area (Å²) in [4.78, 5) is 32.0. The molecule has 0 aliphatic rings. The summed E-state index contributed by atoms with van der Waals surface area (Å²) in [5.74, 6) is -2.44. The number of aryl methyl sites for hydroxylation is 4. The summed E-state index contributed by atoms with van der Waals surface area (Å²) in [6.45, 7) is 6.85. The molecule has 0 atom stereocenters. The van der Waals surface area contributed by atoms with Gasteiger partial charge in [0.05, 0.1) is 49.2 Å². The van der Waals surface area contributed by atoms with Gasteiger partial charge in [-0.2, -0.15) is 26.3 Å². The maximum Gasteiger partial charge on any atom is 0.416 e. The van der Waals surface area contributed by atoms with Gasteiger partial charge < -0.3 is 19.8 Å². The smallest absolute Gasteiger partial charge is 0.416 e. The van der Waals surface area contributed by atoms with Crippen LogP contribution in [0.4, 0.5) is 26.3 Å². The van der Waals surface area contributed by atoms with Crippen LogP contribution in [-0.4, -0.2) is 41.7 Å². The molecule has 4 aromatic heterocycles. The molecule has 2 aromatic carbocycles. The van der Waals surface area contributed by atoms with Crippen molar-refractivity contribution >= 4 is 91.7 Å². The van der Waals surface area contributed by atoms with E-state index >= 15 is 0 Å². The Bertz CT molecular complexity index is 2450. The Labute approximate surface area is 333 Å². The van der Waals surface area contributed by atoms with E-state index in [0.29, 0.717) is 44.1 Å². The van der Waals surface area contributed by atoms with Gasteiger partial charge in [0.2, 0.25) is 0 Å². The Morgan fingerprint density at radius 3 is 1.67 bits per heavy atom. The molecule has 55 heavy (non-hydrogen) atoms. The van der Waals surface area contributed by atoms with E-state index in [1.807, 2.05) is 0 Å². The maximum absolute atomic E-state index is 13.1. The molecule has 8 nitrogen and oxygen atoms in total. The van der Waals surface area contributed by atoms with Crippen molar-refractivity contribution in [3.63, 3.8) is 0 Å². The molecular weight excluding hydrogens is 844 g/mol. The third kappa shape index (κ3) is 9.61. The number of carboxylic acids is 2. The molecule has 0 saturated carbocycles. The topological polar surface area (TPSA) is 121 Å². The first-order chi connectivity index (χ1) is 25.5. The Morgan fingerprint density at radius 2 is 1.18 bits per heavy atom. The van der Waals surface area contributed by atoms with E-state index in [1.54, 1.807) is 44.7 Å². The summed E-state index contributed by atoms with van der Waals surface area (Å²) in [6.07, 6.45) is -2.90. The second-order valence-corrected chi connectivity index (χ2v) is 13.9. The number of alkyl halides is 7. The van der Waals surface area contributed by atoms with Gasteiger partial charge in [-0.3, -0.25) is 0 Å². The fourth-order valence-electron chi connectivity index (χ4n) is 5.57. The first kappa shape index (κ1) is 43.5. The summed E-state index contributed by atoms with van der Waals surface area (Å²) < 4.78 is 78.6. The molecule has 6 aromatic rings. The number of carbonyl (C=O) groups is 2. The number of hydrogen-bond donors (Lipinski definition) is 3. The van der Waals surface area contributed by atoms with Crippen LogP contribution in [0.3, 0.4) is 0 Å². The molecule has 0 aliphatic heterocycles. The molecule has 6 rings (SSSR count). The summed E-state index contributed by atoms with van der Waals surface area (Å²) in [5.41, 5.74) is 2.76. The molecule has 0 fully saturated rings. The molecule has 0 unspecified atom stereocenters. The minimum absolute atomic E-state index is 0.00463. The molecule has 0 spiro atoms. The SMILES string of the molecule is Cc1c[nH]c2c(C)cc(C(F)(F)F)cc12.Cc1cn(Cc2c(Cl)cnc(C(=O)O)c2Cl)c2c(C)cc(C(F)(F)F)cc12.O=C(O)c1ncc(Cl)c(CCl)c1Cl. The van der Waals surface area contributed by atoms with Crippen molar-refractivity contribution in [1.29, 1.82) is 0 Å². The summed E-state index contributed by atoms with van der Waals surface area (Å²) >= 11 is 29.2. The number of aromatic amines is 1. The Hall–Kier alpha value is -4.21. The van der Waals surface area contributed by atoms with E-state index in [9.17, 15) is 41.0 Å². The largest absolute Gasteiger partial charge is 0.476 e. The normalized spacial score (nSPS) is 11.6. The number of hydrogen-bond acceptors (Lipinski definition) is 4. The number of nitrogens with one attached hydrogen (secondary N) is 1. The highest BCUT2D eigenvalue weighted by Gasteiger charge is 2.32. The van der Waals surface area contributed by atoms with Gasteiger partial charge in [-0.15, -0.1) is 11.6 Å². The van der Waals surface area contributed by atoms with Crippen molar-refractivity contribution in [2.75, 3.05) is 0 Å². The van der Waals surface area contributed by atoms with E-state index in [-0.39, 0.29) is 43.9 Å². The van der Waals surface area contributed by atoms with Crippen molar-refractivity contribution in [1.82, 2.24) is 19.5 Å². The predicted octanol–water partition coefficient (Wildman–Crippen LogP) is 12.4. The fourth-order valence-corrected chi connectivity index (χ4v) is 7.09. The van der Waals surface area contributed by atoms with Crippen molar-refractivity contribution in [2.45, 2.75) is 52.5 Å². The van der Waals surface area contributed by atoms with Crippen molar-refractivity contribution < 1.29 is 46.1 Å². The number of halogens is 11. The number of H-pyrrole nitrogens is 1. The van der Waals surface area contributed by atoms with Crippen molar-refractivity contribution in [2.24, 2.45) is 0 Å². The zero-order valence-corrected chi connectivity index (χ0v) is 32.5. The van der Waals surface area contributed by atoms with E-state index < -0.39 is 35.4 Å². The Morgan fingerprint density at radius 1 is 0.709 bits per heavy atom. The molecule has 292 valence electrons. The molecule has 0 amide bonds. The van der Waals surface area contributed by atoms with Gasteiger partial charge in [0.15, 0.2) is 11.4 Å². The van der Waals surface area contributed by atoms with Crippen LogP contribution in [0.2, 0.25) is 20.1 Å². The van der Waals surface area contributed by atoms with E-state index in [4.69, 9.17) is 63.1 Å². The molecule has 0 aliphatic carbocycles. The molecule has 3 N–H and O–H groups in total. The summed E-state index contributed by atoms with van der Waals surface area (Å²) in [7, 11) is 0. The molecular formula is C36H27Cl5F6N4O4. The highest BCUT2D eigenvalue weighted by Crippen LogP contribution is 2.37. The van der Waals surface area contributed by atoms with Gasteiger partial charge in [0.1, 0.15) is 0 Å². The lowest BCUT2D eigenvalue weighted by Crippen LogP contribution is -2.08. The van der Waals surface area contributed by atoms with Crippen LogP contribution in [-0.2, 0) is 24.8 Å². The second-order valence-electron chi connectivity index (χ2n) is 12.1. The van der Waals surface area contributed by atoms with Crippen LogP contribution in [0.25, 0.3) is 21.8 Å². The number of pyridine rings is 2. The Kier molecular flexibility index (Phi) is 13.4. The number of benzene rings is 2. The third-order valence-electron chi connectivity index (χ3n) is 8.21. The lowest BCUT2D eigenvalue weighted by Gasteiger charge is -2.13. The number of rotatable bonds is 5. The zero-order chi connectivity index (χ0) is 41.3. The average molecular weight is 871 g/mol. The van der Waals surface area contributed by atoms with Gasteiger partial charge in [-0.1, -0.05) is 46.4 Å². The maximum atomic E-state index is 13.1. The first-order valence-corrected chi connectivity index (χ1v) is 17.5. The van der Waals surface area contributed by atoms with E-state index in [1.165, 1.54) is 18.5 Å². The summed E-state index contributed by atoms with van der Waals surface area (Å²) in [6, 6.07) is 4.54. The number of nitrogens with zero attached hydrogens (tertiary/aromatic N) is 3. The van der Waals surface area contributed by atoms with Crippen LogP contribution in [0.5, 0.6) is 0 Å². The number of aromatic carboxylic acids is 2. The molecule has 19 heteroatoms. The van der Waals surface area contributed by atoms with Crippen LogP contribution >= 0.6 is 58.0 Å². The fraction of sp³-hybridized carbons (Fsp3) is 0.222. The van der Waals surface area contributed by atoms with Crippen molar-refractivity contribution in [3.8, 4) is 0 Å². The standard InChI is InChI=1S/C18H13Cl2F3N2O2.C11H10F3N.C7H4Cl3NO2/c1-8-3-10(18(21,22)23)4-11-9(2)6-25(16(8)11)7-12-13(19)5-24-15(14(12)20)17(26)27;1-6-3-8(11(12,13)14)4-9-7(2)5-15-10(6)9;8-1-3-4(9)2-11-6(5(3)10)7(12)13/h3-6H,7H2,1-2H3,(H,26,27);3-5,15H,1-2H3;2H,1H2,(H,12,13). The minimum atomic E-state index is -4.44. The minimum Gasteiger partial charge on any atom is -0.476 e. The number of fused-ring (bicyclic) bond motifs is 2. The van der Waals surface area contributed by atoms with Crippen LogP contribution in [0, 0.1) is 27.7 Å². The molecule has 0 radical (unpaired) electrons. The monoisotopic (exact) mass is 868 g/mol. The highest BCUT2D eigenvalue weighted by molar-refractivity contribution is 6.38. The molecule has 0 bridgehead atoms. The number of carboxylic acid groups (broad SMARTS) is 2. The predicted molar refractivity (Wildman–Crippen MR) is 200 cm³/mol. The summed E-state index contributed by atoms with van der Waals surface area (Å²) in [5, 5.41) is 19.3. The second kappa shape index (κ2) is 16.9. The van der Waals surface area contributed by atoms with Crippen LogP contribution in [0.15, 0.2) is 49.1 Å². The van der Waals surface area contributed by atoms with Gasteiger partial charge in [-0.25, -0.2) is 19.6 Å². The van der Waals surface area contributed by atoms with Gasteiger partial charge in [-0.05, 0) is 74.2 Å². The number of aromatic nitrogens is 4. The lowest BCUT2D eigenvalue weighted by molar-refractivity contribution is -0.138. The third-order valence-corrected chi connectivity index (χ3v) is 9.95. The molecule has 0 saturated heterocycles. The van der Waals surface area contributed by atoms with E-state index in [0.717, 1.165) is 29.3 Å². The lowest BCUT2D eigenvalue weighted by atomic mass is 10.1. The highest BCUT2D eigenvalue weighted by atomic mass is 35.5. The first-order valence-electron chi connectivity index (χ1n) is 15.5. The van der Waals surface area contributed by atoms with Gasteiger partial charge >= 0.3 is 24.3 Å².